The zero-order valence-electron chi connectivity index (χ0n) is 8.40. The summed E-state index contributed by atoms with van der Waals surface area (Å²) in [6.07, 6.45) is 9.23. The Kier molecular flexibility index (Phi) is 1.18. The van der Waals surface area contributed by atoms with E-state index >= 15 is 0 Å². The van der Waals surface area contributed by atoms with Crippen LogP contribution in [0.1, 0.15) is 52.4 Å². The molecule has 4 aliphatic carbocycles. The van der Waals surface area contributed by atoms with Crippen LogP contribution in [0.4, 0.5) is 0 Å². The molecule has 12 heavy (non-hydrogen) atoms. The van der Waals surface area contributed by atoms with Gasteiger partial charge in [-0.15, -0.1) is 0 Å². The first-order valence-corrected chi connectivity index (χ1v) is 5.81. The van der Waals surface area contributed by atoms with Crippen LogP contribution in [0.5, 0.6) is 0 Å². The average Bonchev–Trinajstić information content (AvgIpc) is 2.02. The fraction of sp³-hybridized carbons (Fsp3) is 1.00. The summed E-state index contributed by atoms with van der Waals surface area (Å²) in [5.41, 5.74) is 1.84. The lowest BCUT2D eigenvalue weighted by atomic mass is 9.16. The minimum Gasteiger partial charge on any atom is -0.0654 e. The summed E-state index contributed by atoms with van der Waals surface area (Å²) in [7, 11) is 0. The van der Waals surface area contributed by atoms with Crippen LogP contribution in [0.3, 0.4) is 0 Å². The van der Waals surface area contributed by atoms with Gasteiger partial charge in [-0.25, -0.2) is 0 Å². The molecule has 0 heterocycles. The Morgan fingerprint density at radius 1 is 1.25 bits per heavy atom. The van der Waals surface area contributed by atoms with E-state index in [0.29, 0.717) is 0 Å². The van der Waals surface area contributed by atoms with E-state index in [1.807, 2.05) is 0 Å². The Morgan fingerprint density at radius 3 is 2.42 bits per heavy atom. The van der Waals surface area contributed by atoms with Crippen LogP contribution >= 0.6 is 0 Å². The summed E-state index contributed by atoms with van der Waals surface area (Å²) in [5, 5.41) is 0. The van der Waals surface area contributed by atoms with Gasteiger partial charge in [0, 0.05) is 0 Å². The van der Waals surface area contributed by atoms with Gasteiger partial charge in [-0.05, 0) is 48.3 Å². The summed E-state index contributed by atoms with van der Waals surface area (Å²) in [6.45, 7) is 4.76. The zero-order valence-corrected chi connectivity index (χ0v) is 8.40. The highest BCUT2D eigenvalue weighted by molar-refractivity contribution is 5.32. The molecule has 0 nitrogen and oxygen atoms in total. The number of rotatable bonds is 3. The van der Waals surface area contributed by atoms with Crippen LogP contribution in [-0.2, 0) is 0 Å². The molecule has 0 amide bonds. The smallest absolute Gasteiger partial charge is 0.0204 e. The molecule has 4 fully saturated rings. The van der Waals surface area contributed by atoms with Gasteiger partial charge in [0.1, 0.15) is 0 Å². The Labute approximate surface area is 75.7 Å². The molecule has 0 aromatic carbocycles. The third-order valence-electron chi connectivity index (χ3n) is 5.63. The topological polar surface area (TPSA) is 0 Å². The van der Waals surface area contributed by atoms with Gasteiger partial charge < -0.3 is 0 Å². The van der Waals surface area contributed by atoms with Gasteiger partial charge in [0.05, 0.1) is 0 Å². The molecule has 4 saturated carbocycles. The van der Waals surface area contributed by atoms with Crippen LogP contribution in [0.2, 0.25) is 0 Å². The normalized spacial score (nSPS) is 59.5. The second-order valence-electron chi connectivity index (χ2n) is 5.39. The Hall–Kier alpha value is 0. The zero-order chi connectivity index (χ0) is 8.40. The van der Waals surface area contributed by atoms with Crippen LogP contribution in [0.15, 0.2) is 0 Å². The summed E-state index contributed by atoms with van der Waals surface area (Å²) >= 11 is 0. The highest BCUT2D eigenvalue weighted by Crippen LogP contribution is 2.90. The van der Waals surface area contributed by atoms with Crippen molar-refractivity contribution in [3.8, 4) is 0 Å². The fourth-order valence-corrected chi connectivity index (χ4v) is 5.13. The SMILES string of the molecule is CCCC12CCC13CC2C3CC. The van der Waals surface area contributed by atoms with Crippen LogP contribution in [0.25, 0.3) is 0 Å². The standard InChI is InChI=1S/C12H20/c1-3-5-11-6-7-12(11)8-10(11)9(12)4-2/h9-10H,3-8H2,1-2H3. The largest absolute Gasteiger partial charge is 0.0654 e. The van der Waals surface area contributed by atoms with Gasteiger partial charge in [0.15, 0.2) is 0 Å². The Morgan fingerprint density at radius 2 is 2.08 bits per heavy atom. The molecule has 2 bridgehead atoms. The van der Waals surface area contributed by atoms with Gasteiger partial charge in [-0.2, -0.15) is 0 Å². The van der Waals surface area contributed by atoms with E-state index in [2.05, 4.69) is 13.8 Å². The number of hydrogen-bond donors (Lipinski definition) is 0. The molecule has 1 spiro atoms. The van der Waals surface area contributed by atoms with Crippen molar-refractivity contribution in [2.24, 2.45) is 22.7 Å². The first-order chi connectivity index (χ1) is 5.81. The maximum atomic E-state index is 2.40. The van der Waals surface area contributed by atoms with Gasteiger partial charge in [0.25, 0.3) is 0 Å². The van der Waals surface area contributed by atoms with Crippen molar-refractivity contribution in [2.45, 2.75) is 52.4 Å². The fourth-order valence-electron chi connectivity index (χ4n) is 5.13. The molecule has 0 radical (unpaired) electrons. The molecule has 0 aliphatic heterocycles. The molecule has 0 N–H and O–H groups in total. The highest BCUT2D eigenvalue weighted by Gasteiger charge is 2.83. The molecule has 0 saturated heterocycles. The maximum absolute atomic E-state index is 2.40. The monoisotopic (exact) mass is 164 g/mol. The molecule has 0 aromatic rings. The van der Waals surface area contributed by atoms with Gasteiger partial charge >= 0.3 is 0 Å². The second-order valence-corrected chi connectivity index (χ2v) is 5.39. The third kappa shape index (κ3) is 0.438. The quantitative estimate of drug-likeness (QED) is 0.597. The minimum absolute atomic E-state index is 0.919. The van der Waals surface area contributed by atoms with E-state index in [0.717, 1.165) is 16.7 Å². The average molecular weight is 164 g/mol. The van der Waals surface area contributed by atoms with Crippen LogP contribution in [-0.4, -0.2) is 0 Å². The summed E-state index contributed by atoms with van der Waals surface area (Å²) in [6, 6.07) is 0. The van der Waals surface area contributed by atoms with Crippen molar-refractivity contribution in [1.82, 2.24) is 0 Å². The first-order valence-electron chi connectivity index (χ1n) is 5.81. The van der Waals surface area contributed by atoms with Gasteiger partial charge in [0.2, 0.25) is 0 Å². The molecule has 0 aromatic heterocycles. The van der Waals surface area contributed by atoms with Gasteiger partial charge in [-0.3, -0.25) is 0 Å². The highest BCUT2D eigenvalue weighted by atomic mass is 14.9. The van der Waals surface area contributed by atoms with Crippen molar-refractivity contribution in [1.29, 1.82) is 0 Å². The lowest BCUT2D eigenvalue weighted by Crippen LogP contribution is -2.82. The Bertz CT molecular complexity index is 211. The first kappa shape index (κ1) is 7.41. The maximum Gasteiger partial charge on any atom is -0.0204 e. The van der Waals surface area contributed by atoms with E-state index in [1.54, 1.807) is 25.7 Å². The molecule has 4 aliphatic rings. The second kappa shape index (κ2) is 1.91. The summed E-state index contributed by atoms with van der Waals surface area (Å²) in [5.74, 6) is 2.34. The minimum atomic E-state index is 0.919. The number of hydrogen-bond acceptors (Lipinski definition) is 0. The molecular formula is C12H20. The van der Waals surface area contributed by atoms with E-state index < -0.39 is 0 Å². The molecular weight excluding hydrogens is 144 g/mol. The molecule has 4 unspecified atom stereocenters. The van der Waals surface area contributed by atoms with Crippen molar-refractivity contribution < 1.29 is 0 Å². The van der Waals surface area contributed by atoms with Crippen LogP contribution < -0.4 is 0 Å². The van der Waals surface area contributed by atoms with Crippen molar-refractivity contribution >= 4 is 0 Å². The van der Waals surface area contributed by atoms with Crippen molar-refractivity contribution in [2.75, 3.05) is 0 Å². The summed E-state index contributed by atoms with van der Waals surface area (Å²) < 4.78 is 0. The van der Waals surface area contributed by atoms with E-state index in [-0.39, 0.29) is 0 Å². The van der Waals surface area contributed by atoms with Crippen molar-refractivity contribution in [3.63, 3.8) is 0 Å². The third-order valence-corrected chi connectivity index (χ3v) is 5.63. The molecule has 68 valence electrons. The van der Waals surface area contributed by atoms with Crippen molar-refractivity contribution in [3.05, 3.63) is 0 Å². The molecule has 0 heteroatoms. The van der Waals surface area contributed by atoms with E-state index in [1.165, 1.54) is 18.8 Å². The van der Waals surface area contributed by atoms with E-state index in [4.69, 9.17) is 0 Å². The molecule has 4 atom stereocenters. The summed E-state index contributed by atoms with van der Waals surface area (Å²) in [4.78, 5) is 0. The Balaban J connectivity index is 1.80. The lowest BCUT2D eigenvalue weighted by molar-refractivity contribution is -0.403. The predicted molar refractivity (Wildman–Crippen MR) is 50.9 cm³/mol. The van der Waals surface area contributed by atoms with Crippen LogP contribution in [0, 0.1) is 22.7 Å². The van der Waals surface area contributed by atoms with E-state index in [9.17, 15) is 0 Å². The predicted octanol–water partition coefficient (Wildman–Crippen LogP) is 3.61. The molecule has 4 rings (SSSR count). The lowest BCUT2D eigenvalue weighted by Gasteiger charge is -2.89. The van der Waals surface area contributed by atoms with Gasteiger partial charge in [-0.1, -0.05) is 26.7 Å².